The van der Waals surface area contributed by atoms with Crippen LogP contribution in [0, 0.1) is 0 Å². The second kappa shape index (κ2) is 5.40. The zero-order valence-electron chi connectivity index (χ0n) is 8.60. The molecule has 1 N–H and O–H groups in total. The van der Waals surface area contributed by atoms with E-state index in [-0.39, 0.29) is 6.03 Å². The maximum atomic E-state index is 11.2. The fourth-order valence-electron chi connectivity index (χ4n) is 0.823. The SMILES string of the molecule is CNC(=O)n1cc(Br)c(/C=N/OC(C)=O)n1. The average molecular weight is 289 g/mol. The van der Waals surface area contributed by atoms with Gasteiger partial charge in [-0.1, -0.05) is 5.16 Å². The van der Waals surface area contributed by atoms with Gasteiger partial charge in [-0.3, -0.25) is 0 Å². The van der Waals surface area contributed by atoms with Crippen LogP contribution >= 0.6 is 15.9 Å². The number of hydrogen-bond acceptors (Lipinski definition) is 5. The van der Waals surface area contributed by atoms with Gasteiger partial charge in [0.15, 0.2) is 0 Å². The minimum Gasteiger partial charge on any atom is -0.339 e. The van der Waals surface area contributed by atoms with Crippen molar-refractivity contribution in [3.8, 4) is 0 Å². The van der Waals surface area contributed by atoms with Gasteiger partial charge in [0.05, 0.1) is 16.9 Å². The fraction of sp³-hybridized carbons (Fsp3) is 0.250. The Balaban J connectivity index is 2.81. The van der Waals surface area contributed by atoms with Gasteiger partial charge in [-0.15, -0.1) is 0 Å². The molecule has 0 aliphatic rings. The van der Waals surface area contributed by atoms with Crippen molar-refractivity contribution in [2.45, 2.75) is 6.92 Å². The van der Waals surface area contributed by atoms with Crippen molar-refractivity contribution in [2.75, 3.05) is 7.05 Å². The van der Waals surface area contributed by atoms with Crippen LogP contribution in [0.3, 0.4) is 0 Å². The van der Waals surface area contributed by atoms with Crippen LogP contribution in [0.5, 0.6) is 0 Å². The summed E-state index contributed by atoms with van der Waals surface area (Å²) in [7, 11) is 1.49. The molecular weight excluding hydrogens is 280 g/mol. The molecule has 0 aliphatic carbocycles. The standard InChI is InChI=1S/C8H9BrN4O3/c1-5(14)16-11-3-7-6(9)4-13(12-7)8(15)10-2/h3-4H,1-2H3,(H,10,15)/b11-3+. The van der Waals surface area contributed by atoms with E-state index in [1.54, 1.807) is 0 Å². The summed E-state index contributed by atoms with van der Waals surface area (Å²) >= 11 is 3.19. The molecule has 0 unspecified atom stereocenters. The number of hydrogen-bond donors (Lipinski definition) is 1. The van der Waals surface area contributed by atoms with E-state index in [1.807, 2.05) is 0 Å². The van der Waals surface area contributed by atoms with Crippen LogP contribution in [0.2, 0.25) is 0 Å². The van der Waals surface area contributed by atoms with Crippen molar-refractivity contribution in [1.82, 2.24) is 15.1 Å². The Kier molecular flexibility index (Phi) is 4.18. The predicted octanol–water partition coefficient (Wildman–Crippen LogP) is 0.730. The fourth-order valence-corrected chi connectivity index (χ4v) is 1.20. The van der Waals surface area contributed by atoms with Gasteiger partial charge in [0.25, 0.3) is 0 Å². The highest BCUT2D eigenvalue weighted by atomic mass is 79.9. The normalized spacial score (nSPS) is 10.4. The Labute approximate surface area is 99.6 Å². The van der Waals surface area contributed by atoms with Crippen LogP contribution < -0.4 is 5.32 Å². The lowest BCUT2D eigenvalue weighted by atomic mass is 10.5. The molecule has 8 heteroatoms. The van der Waals surface area contributed by atoms with E-state index >= 15 is 0 Å². The number of nitrogens with one attached hydrogen (secondary N) is 1. The van der Waals surface area contributed by atoms with Gasteiger partial charge in [0.2, 0.25) is 0 Å². The lowest BCUT2D eigenvalue weighted by Crippen LogP contribution is -2.24. The summed E-state index contributed by atoms with van der Waals surface area (Å²) in [5, 5.41) is 9.69. The van der Waals surface area contributed by atoms with Crippen molar-refractivity contribution in [1.29, 1.82) is 0 Å². The zero-order chi connectivity index (χ0) is 12.1. The van der Waals surface area contributed by atoms with E-state index in [0.717, 1.165) is 4.68 Å². The molecule has 0 aliphatic heterocycles. The maximum Gasteiger partial charge on any atom is 0.341 e. The molecule has 0 atom stereocenters. The van der Waals surface area contributed by atoms with Gasteiger partial charge in [0.1, 0.15) is 5.69 Å². The first-order valence-corrected chi connectivity index (χ1v) is 5.02. The van der Waals surface area contributed by atoms with E-state index in [0.29, 0.717) is 10.2 Å². The molecule has 16 heavy (non-hydrogen) atoms. The van der Waals surface area contributed by atoms with Gasteiger partial charge in [0, 0.05) is 14.0 Å². The highest BCUT2D eigenvalue weighted by molar-refractivity contribution is 9.10. The number of oxime groups is 1. The van der Waals surface area contributed by atoms with E-state index in [2.05, 4.69) is 36.3 Å². The van der Waals surface area contributed by atoms with Crippen LogP contribution in [0.15, 0.2) is 15.8 Å². The maximum absolute atomic E-state index is 11.2. The minimum absolute atomic E-state index is 0.379. The summed E-state index contributed by atoms with van der Waals surface area (Å²) in [4.78, 5) is 26.0. The van der Waals surface area contributed by atoms with E-state index in [4.69, 9.17) is 0 Å². The number of nitrogens with zero attached hydrogens (tertiary/aromatic N) is 3. The Hall–Kier alpha value is -1.70. The lowest BCUT2D eigenvalue weighted by molar-refractivity contribution is -0.140. The van der Waals surface area contributed by atoms with Crippen molar-refractivity contribution < 1.29 is 14.4 Å². The van der Waals surface area contributed by atoms with Gasteiger partial charge < -0.3 is 10.2 Å². The molecule has 1 rings (SSSR count). The van der Waals surface area contributed by atoms with E-state index < -0.39 is 5.97 Å². The summed E-state index contributed by atoms with van der Waals surface area (Å²) in [5.41, 5.74) is 0.379. The van der Waals surface area contributed by atoms with Crippen LogP contribution in [0.1, 0.15) is 12.6 Å². The van der Waals surface area contributed by atoms with Crippen molar-refractivity contribution in [3.63, 3.8) is 0 Å². The van der Waals surface area contributed by atoms with Gasteiger partial charge in [-0.05, 0) is 15.9 Å². The summed E-state index contributed by atoms with van der Waals surface area (Å²) in [5.74, 6) is -0.530. The van der Waals surface area contributed by atoms with Crippen LogP contribution in [-0.4, -0.2) is 35.0 Å². The lowest BCUT2D eigenvalue weighted by Gasteiger charge is -1.95. The van der Waals surface area contributed by atoms with Crippen LogP contribution in [0.25, 0.3) is 0 Å². The number of aromatic nitrogens is 2. The Morgan fingerprint density at radius 2 is 2.38 bits per heavy atom. The smallest absolute Gasteiger partial charge is 0.339 e. The Bertz CT molecular complexity index is 440. The largest absolute Gasteiger partial charge is 0.341 e. The molecule has 1 aromatic rings. The first-order chi connectivity index (χ1) is 7.54. The molecule has 0 saturated carbocycles. The second-order valence-electron chi connectivity index (χ2n) is 2.68. The van der Waals surface area contributed by atoms with E-state index in [1.165, 1.54) is 26.4 Å². The third kappa shape index (κ3) is 3.16. The topological polar surface area (TPSA) is 85.6 Å². The molecule has 0 saturated heterocycles. The second-order valence-corrected chi connectivity index (χ2v) is 3.53. The molecule has 1 aromatic heterocycles. The van der Waals surface area contributed by atoms with Gasteiger partial charge in [-0.25, -0.2) is 9.59 Å². The molecule has 0 spiro atoms. The number of rotatable bonds is 2. The Morgan fingerprint density at radius 1 is 1.69 bits per heavy atom. The molecule has 7 nitrogen and oxygen atoms in total. The monoisotopic (exact) mass is 288 g/mol. The number of amides is 1. The van der Waals surface area contributed by atoms with Crippen LogP contribution in [-0.2, 0) is 9.63 Å². The van der Waals surface area contributed by atoms with Crippen molar-refractivity contribution in [3.05, 3.63) is 16.4 Å². The molecule has 86 valence electrons. The molecule has 0 aromatic carbocycles. The van der Waals surface area contributed by atoms with E-state index in [9.17, 15) is 9.59 Å². The number of carbonyl (C=O) groups excluding carboxylic acids is 2. The molecule has 0 fully saturated rings. The third-order valence-electron chi connectivity index (χ3n) is 1.47. The van der Waals surface area contributed by atoms with Crippen LogP contribution in [0.4, 0.5) is 4.79 Å². The summed E-state index contributed by atoms with van der Waals surface area (Å²) in [6.45, 7) is 1.23. The van der Waals surface area contributed by atoms with Gasteiger partial charge in [-0.2, -0.15) is 9.78 Å². The quantitative estimate of drug-likeness (QED) is 0.494. The first-order valence-electron chi connectivity index (χ1n) is 4.22. The number of halogens is 1. The molecular formula is C8H9BrN4O3. The molecule has 0 radical (unpaired) electrons. The van der Waals surface area contributed by atoms with Gasteiger partial charge >= 0.3 is 12.0 Å². The summed E-state index contributed by atoms with van der Waals surface area (Å²) in [6, 6.07) is -0.382. The molecule has 1 heterocycles. The Morgan fingerprint density at radius 3 is 2.94 bits per heavy atom. The molecule has 1 amide bonds. The zero-order valence-corrected chi connectivity index (χ0v) is 10.2. The minimum atomic E-state index is -0.530. The summed E-state index contributed by atoms with van der Waals surface area (Å²) in [6.07, 6.45) is 2.69. The van der Waals surface area contributed by atoms with Crippen molar-refractivity contribution in [2.24, 2.45) is 5.16 Å². The van der Waals surface area contributed by atoms with Crippen molar-refractivity contribution >= 4 is 34.1 Å². The molecule has 0 bridgehead atoms. The highest BCUT2D eigenvalue weighted by Crippen LogP contribution is 2.12. The predicted molar refractivity (Wildman–Crippen MR) is 59.1 cm³/mol. The summed E-state index contributed by atoms with van der Waals surface area (Å²) < 4.78 is 1.66. The first kappa shape index (κ1) is 12.4. The highest BCUT2D eigenvalue weighted by Gasteiger charge is 2.08. The third-order valence-corrected chi connectivity index (χ3v) is 2.08. The number of carbonyl (C=O) groups is 2. The average Bonchev–Trinajstić information content (AvgIpc) is 2.59.